The fraction of sp³-hybridized carbons (Fsp3) is 1.00. The van der Waals surface area contributed by atoms with Crippen LogP contribution in [0.4, 0.5) is 17.6 Å². The van der Waals surface area contributed by atoms with E-state index in [2.05, 4.69) is 5.73 Å². The summed E-state index contributed by atoms with van der Waals surface area (Å²) >= 11 is 0. The maximum absolute atomic E-state index is 12.3. The van der Waals surface area contributed by atoms with E-state index in [4.69, 9.17) is 5.73 Å². The number of halogens is 4. The Hall–Kier alpha value is -0.360. The van der Waals surface area contributed by atoms with Crippen molar-refractivity contribution in [1.29, 1.82) is 0 Å². The van der Waals surface area contributed by atoms with Crippen molar-refractivity contribution in [3.8, 4) is 0 Å². The molecule has 0 atom stereocenters. The van der Waals surface area contributed by atoms with Gasteiger partial charge in [-0.25, -0.2) is 0 Å². The van der Waals surface area contributed by atoms with Gasteiger partial charge in [-0.15, -0.1) is 0 Å². The van der Waals surface area contributed by atoms with Crippen LogP contribution in [0.15, 0.2) is 0 Å². The predicted molar refractivity (Wildman–Crippen MR) is 32.6 cm³/mol. The Bertz CT molecular complexity index is 126. The highest BCUT2D eigenvalue weighted by molar-refractivity contribution is 4.85. The molecule has 0 radical (unpaired) electrons. The van der Waals surface area contributed by atoms with Crippen molar-refractivity contribution in [2.75, 3.05) is 13.1 Å². The molecule has 11 heavy (non-hydrogen) atoms. The second-order valence-electron chi connectivity index (χ2n) is 2.15. The van der Waals surface area contributed by atoms with E-state index in [-0.39, 0.29) is 0 Å². The molecule has 0 amide bonds. The van der Waals surface area contributed by atoms with Crippen LogP contribution in [0.2, 0.25) is 0 Å². The summed E-state index contributed by atoms with van der Waals surface area (Å²) in [7, 11) is 0. The van der Waals surface area contributed by atoms with E-state index in [0.717, 1.165) is 0 Å². The third kappa shape index (κ3) is 2.30. The first kappa shape index (κ1) is 10.6. The number of hydrogen-bond donors (Lipinski definition) is 2. The highest BCUT2D eigenvalue weighted by Crippen LogP contribution is 2.35. The van der Waals surface area contributed by atoms with Gasteiger partial charge < -0.3 is 11.5 Å². The molecule has 0 unspecified atom stereocenters. The van der Waals surface area contributed by atoms with E-state index in [1.54, 1.807) is 0 Å². The normalized spacial score (nSPS) is 13.6. The van der Waals surface area contributed by atoms with Crippen LogP contribution in [0.5, 0.6) is 0 Å². The first-order valence-electron chi connectivity index (χ1n) is 3.03. The summed E-state index contributed by atoms with van der Waals surface area (Å²) in [5.41, 5.74) is 9.16. The summed E-state index contributed by atoms with van der Waals surface area (Å²) in [5, 5.41) is 0. The van der Waals surface area contributed by atoms with Crippen LogP contribution >= 0.6 is 0 Å². The quantitative estimate of drug-likeness (QED) is 0.612. The summed E-state index contributed by atoms with van der Waals surface area (Å²) in [6, 6.07) is 0. The zero-order valence-corrected chi connectivity index (χ0v) is 5.79. The van der Waals surface area contributed by atoms with Crippen LogP contribution in [-0.4, -0.2) is 24.9 Å². The Morgan fingerprint density at radius 2 is 1.36 bits per heavy atom. The molecule has 0 aliphatic heterocycles. The van der Waals surface area contributed by atoms with Crippen LogP contribution in [0.25, 0.3) is 0 Å². The minimum Gasteiger partial charge on any atom is -0.330 e. The number of nitrogens with two attached hydrogens (primary N) is 2. The Morgan fingerprint density at radius 1 is 0.909 bits per heavy atom. The lowest BCUT2D eigenvalue weighted by atomic mass is 10.1. The van der Waals surface area contributed by atoms with Gasteiger partial charge in [0.25, 0.3) is 0 Å². The van der Waals surface area contributed by atoms with E-state index < -0.39 is 31.4 Å². The Kier molecular flexibility index (Phi) is 3.25. The van der Waals surface area contributed by atoms with Gasteiger partial charge >= 0.3 is 11.8 Å². The molecule has 0 aromatic heterocycles. The molecule has 0 aliphatic rings. The van der Waals surface area contributed by atoms with Crippen LogP contribution in [-0.2, 0) is 0 Å². The third-order valence-electron chi connectivity index (χ3n) is 1.25. The fourth-order valence-electron chi connectivity index (χ4n) is 0.513. The standard InChI is InChI=1S/C5H10F4N2/c6-4(7,1-2-10)5(8,9)3-11/h1-3,10-11H2. The molecule has 0 saturated heterocycles. The van der Waals surface area contributed by atoms with Crippen molar-refractivity contribution < 1.29 is 17.6 Å². The minimum absolute atomic E-state index is 0.484. The minimum atomic E-state index is -4.15. The van der Waals surface area contributed by atoms with Gasteiger partial charge in [-0.3, -0.25) is 0 Å². The van der Waals surface area contributed by atoms with E-state index in [9.17, 15) is 17.6 Å². The van der Waals surface area contributed by atoms with Crippen LogP contribution < -0.4 is 11.5 Å². The smallest absolute Gasteiger partial charge is 0.322 e. The van der Waals surface area contributed by atoms with Crippen molar-refractivity contribution in [2.45, 2.75) is 18.3 Å². The lowest BCUT2D eigenvalue weighted by molar-refractivity contribution is -0.204. The van der Waals surface area contributed by atoms with Crippen LogP contribution in [0, 0.1) is 0 Å². The maximum atomic E-state index is 12.3. The summed E-state index contributed by atoms with van der Waals surface area (Å²) in [6.07, 6.45) is -1.04. The monoisotopic (exact) mass is 174 g/mol. The second-order valence-corrected chi connectivity index (χ2v) is 2.15. The van der Waals surface area contributed by atoms with Gasteiger partial charge in [-0.1, -0.05) is 0 Å². The predicted octanol–water partition coefficient (Wildman–Crippen LogP) is 0.565. The van der Waals surface area contributed by atoms with Gasteiger partial charge in [0.15, 0.2) is 0 Å². The molecule has 4 N–H and O–H groups in total. The first-order valence-corrected chi connectivity index (χ1v) is 3.03. The summed E-state index contributed by atoms with van der Waals surface area (Å²) in [4.78, 5) is 0. The highest BCUT2D eigenvalue weighted by Gasteiger charge is 2.54. The topological polar surface area (TPSA) is 52.0 Å². The average Bonchev–Trinajstić information content (AvgIpc) is 1.87. The molecule has 0 saturated carbocycles. The van der Waals surface area contributed by atoms with E-state index in [1.807, 2.05) is 0 Å². The molecule has 0 heterocycles. The van der Waals surface area contributed by atoms with Gasteiger partial charge in [-0.05, 0) is 6.54 Å². The number of hydrogen-bond acceptors (Lipinski definition) is 2. The van der Waals surface area contributed by atoms with Gasteiger partial charge in [0.05, 0.1) is 6.54 Å². The summed E-state index contributed by atoms with van der Waals surface area (Å²) in [6.45, 7) is -1.84. The van der Waals surface area contributed by atoms with Gasteiger partial charge in [0, 0.05) is 6.42 Å². The zero-order chi connectivity index (χ0) is 9.12. The molecule has 0 spiro atoms. The molecule has 2 nitrogen and oxygen atoms in total. The molecule has 0 aliphatic carbocycles. The molecule has 0 aromatic carbocycles. The molecular weight excluding hydrogens is 164 g/mol. The van der Waals surface area contributed by atoms with E-state index >= 15 is 0 Å². The largest absolute Gasteiger partial charge is 0.330 e. The van der Waals surface area contributed by atoms with Crippen molar-refractivity contribution in [1.82, 2.24) is 0 Å². The molecule has 0 aromatic rings. The number of rotatable bonds is 4. The number of alkyl halides is 4. The maximum Gasteiger partial charge on any atom is 0.322 e. The highest BCUT2D eigenvalue weighted by atomic mass is 19.3. The zero-order valence-electron chi connectivity index (χ0n) is 5.79. The van der Waals surface area contributed by atoms with Crippen LogP contribution in [0.1, 0.15) is 6.42 Å². The Labute approximate surface area is 61.5 Å². The van der Waals surface area contributed by atoms with Gasteiger partial charge in [0.2, 0.25) is 0 Å². The first-order chi connectivity index (χ1) is 4.87. The fourth-order valence-corrected chi connectivity index (χ4v) is 0.513. The third-order valence-corrected chi connectivity index (χ3v) is 1.25. The summed E-state index contributed by atoms with van der Waals surface area (Å²) < 4.78 is 49.0. The van der Waals surface area contributed by atoms with Crippen molar-refractivity contribution in [3.05, 3.63) is 0 Å². The lowest BCUT2D eigenvalue weighted by Gasteiger charge is -2.24. The van der Waals surface area contributed by atoms with Crippen LogP contribution in [0.3, 0.4) is 0 Å². The lowest BCUT2D eigenvalue weighted by Crippen LogP contribution is -2.47. The Morgan fingerprint density at radius 3 is 1.64 bits per heavy atom. The summed E-state index contributed by atoms with van der Waals surface area (Å²) in [5.74, 6) is -8.23. The molecule has 0 rings (SSSR count). The van der Waals surface area contributed by atoms with Crippen molar-refractivity contribution in [3.63, 3.8) is 0 Å². The Balaban J connectivity index is 4.26. The molecular formula is C5H10F4N2. The SMILES string of the molecule is NCCC(F)(F)C(F)(F)CN. The van der Waals surface area contributed by atoms with E-state index in [0.29, 0.717) is 0 Å². The van der Waals surface area contributed by atoms with Gasteiger partial charge in [0.1, 0.15) is 0 Å². The molecule has 68 valence electrons. The van der Waals surface area contributed by atoms with Crippen molar-refractivity contribution in [2.24, 2.45) is 11.5 Å². The molecule has 0 bridgehead atoms. The molecule has 6 heteroatoms. The van der Waals surface area contributed by atoms with Crippen molar-refractivity contribution >= 4 is 0 Å². The average molecular weight is 174 g/mol. The molecule has 0 fully saturated rings. The van der Waals surface area contributed by atoms with Gasteiger partial charge in [-0.2, -0.15) is 17.6 Å². The second kappa shape index (κ2) is 3.36. The van der Waals surface area contributed by atoms with E-state index in [1.165, 1.54) is 0 Å².